The summed E-state index contributed by atoms with van der Waals surface area (Å²) in [6.45, 7) is 4.84. The lowest BCUT2D eigenvalue weighted by atomic mass is 9.77. The Bertz CT molecular complexity index is 1040. The van der Waals surface area contributed by atoms with E-state index in [0.717, 1.165) is 18.4 Å². The van der Waals surface area contributed by atoms with E-state index in [0.29, 0.717) is 23.5 Å². The molecule has 3 aliphatic heterocycles. The van der Waals surface area contributed by atoms with Crippen molar-refractivity contribution in [2.45, 2.75) is 43.7 Å². The molecule has 152 valence electrons. The molecule has 1 fully saturated rings. The minimum Gasteiger partial charge on any atom is -0.508 e. The van der Waals surface area contributed by atoms with Gasteiger partial charge in [0.25, 0.3) is 6.02 Å². The molecule has 0 saturated carbocycles. The summed E-state index contributed by atoms with van der Waals surface area (Å²) in [5.74, 6) is 0.334. The molecule has 0 aliphatic carbocycles. The third-order valence-electron chi connectivity index (χ3n) is 6.03. The maximum Gasteiger partial charge on any atom is 0.283 e. The summed E-state index contributed by atoms with van der Waals surface area (Å²) in [5.41, 5.74) is 6.60. The fourth-order valence-corrected chi connectivity index (χ4v) is 4.67. The van der Waals surface area contributed by atoms with Crippen molar-refractivity contribution in [2.24, 2.45) is 10.7 Å². The van der Waals surface area contributed by atoms with Crippen molar-refractivity contribution in [3.63, 3.8) is 0 Å². The molecule has 1 saturated heterocycles. The number of hydrogen-bond acceptors (Lipinski definition) is 6. The lowest BCUT2D eigenvalue weighted by molar-refractivity contribution is -0.0593. The number of aromatic hydroxyl groups is 1. The highest BCUT2D eigenvalue weighted by Crippen LogP contribution is 2.53. The van der Waals surface area contributed by atoms with Crippen LogP contribution in [0.15, 0.2) is 35.3 Å². The number of halogens is 1. The van der Waals surface area contributed by atoms with Gasteiger partial charge >= 0.3 is 0 Å². The smallest absolute Gasteiger partial charge is 0.283 e. The van der Waals surface area contributed by atoms with Crippen LogP contribution in [0.5, 0.6) is 17.2 Å². The van der Waals surface area contributed by atoms with E-state index in [9.17, 15) is 5.11 Å². The minimum atomic E-state index is -1.05. The predicted molar refractivity (Wildman–Crippen MR) is 105 cm³/mol. The molecule has 6 nitrogen and oxygen atoms in total. The zero-order valence-electron chi connectivity index (χ0n) is 16.4. The Kier molecular flexibility index (Phi) is 3.84. The zero-order chi connectivity index (χ0) is 20.4. The van der Waals surface area contributed by atoms with Crippen LogP contribution >= 0.6 is 0 Å². The van der Waals surface area contributed by atoms with Crippen LogP contribution in [0.1, 0.15) is 49.3 Å². The van der Waals surface area contributed by atoms with Crippen LogP contribution in [-0.4, -0.2) is 29.9 Å². The predicted octanol–water partition coefficient (Wildman–Crippen LogP) is 3.90. The normalized spacial score (nSPS) is 26.9. The Morgan fingerprint density at radius 3 is 2.76 bits per heavy atom. The SMILES string of the molecule is CC1(C)C[C@H](c2cc(F)c3c(c2)C2(COC(N)=N2)c2cc(O)ccc2O3)CCO1. The van der Waals surface area contributed by atoms with Crippen molar-refractivity contribution in [1.29, 1.82) is 0 Å². The maximum absolute atomic E-state index is 15.3. The zero-order valence-corrected chi connectivity index (χ0v) is 16.4. The van der Waals surface area contributed by atoms with E-state index in [-0.39, 0.29) is 35.6 Å². The van der Waals surface area contributed by atoms with Crippen molar-refractivity contribution in [1.82, 2.24) is 0 Å². The lowest BCUT2D eigenvalue weighted by Crippen LogP contribution is -2.34. The van der Waals surface area contributed by atoms with Gasteiger partial charge in [0, 0.05) is 17.7 Å². The molecule has 1 spiro atoms. The van der Waals surface area contributed by atoms with Gasteiger partial charge in [-0.2, -0.15) is 0 Å². The number of rotatable bonds is 1. The molecule has 0 aromatic heterocycles. The van der Waals surface area contributed by atoms with Crippen LogP contribution in [0.3, 0.4) is 0 Å². The molecule has 2 atom stereocenters. The molecular formula is C22H23FN2O4. The Balaban J connectivity index is 1.69. The largest absolute Gasteiger partial charge is 0.508 e. The number of nitrogens with two attached hydrogens (primary N) is 1. The van der Waals surface area contributed by atoms with E-state index >= 15 is 4.39 Å². The molecule has 1 unspecified atom stereocenters. The molecule has 3 aliphatic rings. The first kappa shape index (κ1) is 18.2. The summed E-state index contributed by atoms with van der Waals surface area (Å²) < 4.78 is 32.5. The molecule has 29 heavy (non-hydrogen) atoms. The average molecular weight is 398 g/mol. The standard InChI is InChI=1S/C22H23FN2O4/c1-21(2)10-12(5-6-28-21)13-7-16-19(17(23)8-13)29-18-4-3-14(26)9-15(18)22(16)11-27-20(24)25-22/h3-4,7-9,12,26H,5-6,10-11H2,1-2H3,(H2,24,25)/t12-,22?/m1/s1. The van der Waals surface area contributed by atoms with E-state index in [1.807, 2.05) is 19.9 Å². The molecule has 3 heterocycles. The van der Waals surface area contributed by atoms with Crippen molar-refractivity contribution < 1.29 is 23.7 Å². The van der Waals surface area contributed by atoms with Gasteiger partial charge in [0.15, 0.2) is 17.1 Å². The van der Waals surface area contributed by atoms with Gasteiger partial charge in [-0.3, -0.25) is 0 Å². The van der Waals surface area contributed by atoms with Crippen LogP contribution in [0.4, 0.5) is 4.39 Å². The van der Waals surface area contributed by atoms with E-state index in [1.54, 1.807) is 18.2 Å². The van der Waals surface area contributed by atoms with Crippen LogP contribution in [0.2, 0.25) is 0 Å². The summed E-state index contributed by atoms with van der Waals surface area (Å²) in [5, 5.41) is 10.1. The molecule has 5 rings (SSSR count). The molecule has 0 bridgehead atoms. The summed E-state index contributed by atoms with van der Waals surface area (Å²) >= 11 is 0. The highest BCUT2D eigenvalue weighted by molar-refractivity contribution is 5.77. The molecule has 2 aromatic carbocycles. The number of nitrogens with zero attached hydrogens (tertiary/aromatic N) is 1. The second-order valence-electron chi connectivity index (χ2n) is 8.56. The van der Waals surface area contributed by atoms with Crippen LogP contribution in [0, 0.1) is 5.82 Å². The van der Waals surface area contributed by atoms with Gasteiger partial charge in [-0.25, -0.2) is 9.38 Å². The summed E-state index contributed by atoms with van der Waals surface area (Å²) in [7, 11) is 0. The highest BCUT2D eigenvalue weighted by atomic mass is 19.1. The number of benzene rings is 2. The van der Waals surface area contributed by atoms with Gasteiger partial charge in [0.1, 0.15) is 18.1 Å². The number of aliphatic imine (C=N–C) groups is 1. The quantitative estimate of drug-likeness (QED) is 0.761. The van der Waals surface area contributed by atoms with Gasteiger partial charge in [0.05, 0.1) is 5.60 Å². The first-order valence-corrected chi connectivity index (χ1v) is 9.75. The fraction of sp³-hybridized carbons (Fsp3) is 0.409. The molecular weight excluding hydrogens is 375 g/mol. The second-order valence-corrected chi connectivity index (χ2v) is 8.56. The van der Waals surface area contributed by atoms with Gasteiger partial charge in [0.2, 0.25) is 0 Å². The van der Waals surface area contributed by atoms with Gasteiger partial charge in [-0.05, 0) is 68.5 Å². The monoisotopic (exact) mass is 398 g/mol. The third-order valence-corrected chi connectivity index (χ3v) is 6.03. The van der Waals surface area contributed by atoms with Crippen molar-refractivity contribution in [2.75, 3.05) is 13.2 Å². The first-order valence-electron chi connectivity index (χ1n) is 9.75. The molecule has 7 heteroatoms. The van der Waals surface area contributed by atoms with E-state index in [4.69, 9.17) is 19.9 Å². The summed E-state index contributed by atoms with van der Waals surface area (Å²) in [4.78, 5) is 4.55. The van der Waals surface area contributed by atoms with Crippen LogP contribution < -0.4 is 10.5 Å². The lowest BCUT2D eigenvalue weighted by Gasteiger charge is -2.37. The Morgan fingerprint density at radius 2 is 2.03 bits per heavy atom. The Labute approximate surface area is 168 Å². The highest BCUT2D eigenvalue weighted by Gasteiger charge is 2.48. The molecule has 0 amide bonds. The van der Waals surface area contributed by atoms with E-state index in [1.165, 1.54) is 6.07 Å². The van der Waals surface area contributed by atoms with E-state index in [2.05, 4.69) is 4.99 Å². The molecule has 3 N–H and O–H groups in total. The van der Waals surface area contributed by atoms with E-state index < -0.39 is 11.4 Å². The van der Waals surface area contributed by atoms with Crippen molar-refractivity contribution in [3.8, 4) is 17.2 Å². The summed E-state index contributed by atoms with van der Waals surface area (Å²) in [6, 6.07) is 8.21. The Hall–Kier alpha value is -2.80. The number of phenolic OH excluding ortho intramolecular Hbond substituents is 1. The number of amidine groups is 1. The minimum absolute atomic E-state index is 0.0325. The summed E-state index contributed by atoms with van der Waals surface area (Å²) in [6.07, 6.45) is 1.60. The number of fused-ring (bicyclic) bond motifs is 4. The van der Waals surface area contributed by atoms with Gasteiger partial charge in [-0.15, -0.1) is 0 Å². The first-order chi connectivity index (χ1) is 13.8. The molecule has 0 radical (unpaired) electrons. The van der Waals surface area contributed by atoms with Crippen LogP contribution in [0.25, 0.3) is 0 Å². The average Bonchev–Trinajstić information content (AvgIpc) is 3.05. The van der Waals surface area contributed by atoms with Crippen molar-refractivity contribution >= 4 is 6.02 Å². The van der Waals surface area contributed by atoms with Crippen molar-refractivity contribution in [3.05, 3.63) is 52.8 Å². The van der Waals surface area contributed by atoms with Gasteiger partial charge in [-0.1, -0.05) is 0 Å². The fourth-order valence-electron chi connectivity index (χ4n) is 4.67. The Morgan fingerprint density at radius 1 is 1.21 bits per heavy atom. The number of ether oxygens (including phenoxy) is 3. The maximum atomic E-state index is 15.3. The number of hydrogen-bond donors (Lipinski definition) is 2. The van der Waals surface area contributed by atoms with Gasteiger partial charge < -0.3 is 25.1 Å². The second kappa shape index (κ2) is 6.10. The number of phenols is 1. The molecule has 2 aromatic rings. The van der Waals surface area contributed by atoms with Crippen LogP contribution in [-0.2, 0) is 15.0 Å². The topological polar surface area (TPSA) is 86.3 Å². The third kappa shape index (κ3) is 2.83.